The van der Waals surface area contributed by atoms with E-state index >= 15 is 0 Å². The van der Waals surface area contributed by atoms with Gasteiger partial charge in [-0.2, -0.15) is 0 Å². The molecule has 0 spiro atoms. The minimum absolute atomic E-state index is 0.141. The summed E-state index contributed by atoms with van der Waals surface area (Å²) in [6.45, 7) is -1.25. The number of rotatable bonds is 14. The van der Waals surface area contributed by atoms with Crippen LogP contribution in [0.5, 0.6) is 5.75 Å². The van der Waals surface area contributed by atoms with Gasteiger partial charge in [-0.25, -0.2) is 5.09 Å². The van der Waals surface area contributed by atoms with E-state index in [1.165, 1.54) is 6.08 Å². The summed E-state index contributed by atoms with van der Waals surface area (Å²) in [6, 6.07) is 17.6. The molecule has 0 aliphatic carbocycles. The van der Waals surface area contributed by atoms with Gasteiger partial charge in [0.15, 0.2) is 0 Å². The highest BCUT2D eigenvalue weighted by Gasteiger charge is 2.32. The van der Waals surface area contributed by atoms with E-state index in [1.807, 2.05) is 53.8 Å². The Labute approximate surface area is 227 Å². The fraction of sp³-hybridized carbons (Fsp3) is 0.346. The van der Waals surface area contributed by atoms with Crippen molar-refractivity contribution in [3.05, 3.63) is 78.5 Å². The van der Waals surface area contributed by atoms with Crippen molar-refractivity contribution in [3.8, 4) is 5.75 Å². The number of carbonyl (C=O) groups excluding carboxylic acids is 3. The summed E-state index contributed by atoms with van der Waals surface area (Å²) in [7, 11) is 1.77. The van der Waals surface area contributed by atoms with Crippen LogP contribution in [0.15, 0.2) is 72.9 Å². The Morgan fingerprint density at radius 2 is 1.84 bits per heavy atom. The molecule has 204 valence electrons. The zero-order chi connectivity index (χ0) is 27.4. The Morgan fingerprint density at radius 3 is 2.53 bits per heavy atom. The Kier molecular flexibility index (Phi) is 11.4. The standard InChI is InChI=1S/C26H32N3O7PS/c1-20(26(32)33-17-21-9-5-3-6-10-21)28-37(38,36-22-11-7-4-8-12-22)34-18-23-13-14-25(35-23)29(2)16-15-24(31)27-19-30/h3-12,15-16,19-20,23,25H,13-14,17-18H2,1-2H3,(H,28,38)(H,27,30,31)/b16-15-/t20-,23?,25?,37?/m1/s1. The number of hydrogen-bond donors (Lipinski definition) is 2. The Bertz CT molecular complexity index is 1140. The molecule has 1 saturated heterocycles. The molecule has 0 saturated carbocycles. The number of amides is 2. The number of ether oxygens (including phenoxy) is 2. The lowest BCUT2D eigenvalue weighted by molar-refractivity contribution is -0.146. The predicted octanol–water partition coefficient (Wildman–Crippen LogP) is 3.25. The van der Waals surface area contributed by atoms with Crippen molar-refractivity contribution in [2.24, 2.45) is 0 Å². The highest BCUT2D eigenvalue weighted by molar-refractivity contribution is 8.09. The molecule has 3 unspecified atom stereocenters. The second-order valence-corrected chi connectivity index (χ2v) is 11.7. The van der Waals surface area contributed by atoms with Crippen molar-refractivity contribution in [2.45, 2.75) is 44.7 Å². The van der Waals surface area contributed by atoms with Crippen molar-refractivity contribution in [2.75, 3.05) is 13.7 Å². The van der Waals surface area contributed by atoms with Gasteiger partial charge in [0.2, 0.25) is 6.41 Å². The molecule has 3 rings (SSSR count). The van der Waals surface area contributed by atoms with Crippen molar-refractivity contribution < 1.29 is 32.9 Å². The molecule has 12 heteroatoms. The first-order valence-corrected chi connectivity index (χ1v) is 14.7. The lowest BCUT2D eigenvalue weighted by Crippen LogP contribution is -2.35. The second kappa shape index (κ2) is 14.8. The van der Waals surface area contributed by atoms with Crippen LogP contribution in [0, 0.1) is 0 Å². The maximum absolute atomic E-state index is 12.7. The molecule has 0 aromatic heterocycles. The fourth-order valence-corrected chi connectivity index (χ4v) is 5.97. The number of esters is 1. The third-order valence-electron chi connectivity index (χ3n) is 5.53. The summed E-state index contributed by atoms with van der Waals surface area (Å²) >= 11 is 5.77. The molecule has 2 aromatic rings. The summed E-state index contributed by atoms with van der Waals surface area (Å²) in [6.07, 6.45) is 3.95. The predicted molar refractivity (Wildman–Crippen MR) is 145 cm³/mol. The molecule has 0 radical (unpaired) electrons. The van der Waals surface area contributed by atoms with Crippen LogP contribution in [0.4, 0.5) is 0 Å². The zero-order valence-electron chi connectivity index (χ0n) is 21.2. The topological polar surface area (TPSA) is 115 Å². The molecule has 1 heterocycles. The third kappa shape index (κ3) is 9.66. The maximum Gasteiger partial charge on any atom is 0.323 e. The summed E-state index contributed by atoms with van der Waals surface area (Å²) in [4.78, 5) is 36.2. The summed E-state index contributed by atoms with van der Waals surface area (Å²) in [5, 5.41) is 5.08. The molecule has 1 aliphatic heterocycles. The van der Waals surface area contributed by atoms with Gasteiger partial charge < -0.3 is 23.4 Å². The van der Waals surface area contributed by atoms with E-state index in [9.17, 15) is 14.4 Å². The number of nitrogens with one attached hydrogen (secondary N) is 2. The lowest BCUT2D eigenvalue weighted by Gasteiger charge is -2.28. The van der Waals surface area contributed by atoms with E-state index in [2.05, 4.69) is 5.09 Å². The van der Waals surface area contributed by atoms with Gasteiger partial charge in [0.25, 0.3) is 5.91 Å². The molecule has 2 amide bonds. The van der Waals surface area contributed by atoms with E-state index < -0.39 is 24.6 Å². The van der Waals surface area contributed by atoms with Crippen LogP contribution in [0.1, 0.15) is 25.3 Å². The SMILES string of the molecule is C[C@@H](NP(=S)(OCC1CCC(N(C)/C=C\C(=O)NC=O)O1)Oc1ccccc1)C(=O)OCc1ccccc1. The number of hydrogen-bond acceptors (Lipinski definition) is 9. The Morgan fingerprint density at radius 1 is 1.16 bits per heavy atom. The molecular weight excluding hydrogens is 529 g/mol. The second-order valence-electron chi connectivity index (χ2n) is 8.54. The Hall–Kier alpha value is -3.08. The smallest absolute Gasteiger partial charge is 0.323 e. The van der Waals surface area contributed by atoms with Crippen LogP contribution in [0.2, 0.25) is 0 Å². The fourth-order valence-electron chi connectivity index (χ4n) is 3.53. The molecule has 38 heavy (non-hydrogen) atoms. The Balaban J connectivity index is 1.58. The molecule has 1 fully saturated rings. The monoisotopic (exact) mass is 561 g/mol. The molecule has 2 aromatic carbocycles. The van der Waals surface area contributed by atoms with Crippen molar-refractivity contribution in [1.29, 1.82) is 0 Å². The minimum atomic E-state index is -3.19. The number of para-hydroxylation sites is 1. The van der Waals surface area contributed by atoms with Gasteiger partial charge in [-0.1, -0.05) is 48.5 Å². The van der Waals surface area contributed by atoms with Gasteiger partial charge in [0, 0.05) is 19.3 Å². The number of benzene rings is 2. The van der Waals surface area contributed by atoms with Gasteiger partial charge in [-0.05, 0) is 49.3 Å². The van der Waals surface area contributed by atoms with Gasteiger partial charge >= 0.3 is 12.6 Å². The molecule has 1 aliphatic rings. The molecular formula is C26H32N3O7PS. The summed E-state index contributed by atoms with van der Waals surface area (Å²) in [5.74, 6) is -0.490. The first-order chi connectivity index (χ1) is 18.3. The average Bonchev–Trinajstić information content (AvgIpc) is 3.40. The van der Waals surface area contributed by atoms with Crippen LogP contribution in [-0.4, -0.2) is 55.2 Å². The normalized spacial score (nSPS) is 19.3. The lowest BCUT2D eigenvalue weighted by atomic mass is 10.2. The van der Waals surface area contributed by atoms with Gasteiger partial charge in [0.05, 0.1) is 12.7 Å². The molecule has 0 bridgehead atoms. The molecule has 2 N–H and O–H groups in total. The van der Waals surface area contributed by atoms with E-state index in [-0.39, 0.29) is 25.5 Å². The van der Waals surface area contributed by atoms with E-state index in [0.29, 0.717) is 25.0 Å². The van der Waals surface area contributed by atoms with Crippen LogP contribution in [0.3, 0.4) is 0 Å². The quantitative estimate of drug-likeness (QED) is 0.154. The summed E-state index contributed by atoms with van der Waals surface area (Å²) in [5.41, 5.74) is 0.876. The van der Waals surface area contributed by atoms with Crippen LogP contribution >= 0.6 is 6.64 Å². The first kappa shape index (κ1) is 29.5. The number of nitrogens with zero attached hydrogens (tertiary/aromatic N) is 1. The van der Waals surface area contributed by atoms with Crippen molar-refractivity contribution in [3.63, 3.8) is 0 Å². The van der Waals surface area contributed by atoms with Crippen LogP contribution in [-0.2, 0) is 46.8 Å². The van der Waals surface area contributed by atoms with Gasteiger partial charge in [-0.15, -0.1) is 0 Å². The van der Waals surface area contributed by atoms with Crippen LogP contribution < -0.4 is 14.9 Å². The third-order valence-corrected chi connectivity index (χ3v) is 8.03. The highest BCUT2D eigenvalue weighted by Crippen LogP contribution is 2.46. The molecule has 4 atom stereocenters. The van der Waals surface area contributed by atoms with Gasteiger partial charge in [0.1, 0.15) is 24.6 Å². The number of imide groups is 1. The highest BCUT2D eigenvalue weighted by atomic mass is 32.5. The maximum atomic E-state index is 12.7. The van der Waals surface area contributed by atoms with Gasteiger partial charge in [-0.3, -0.25) is 19.7 Å². The number of carbonyl (C=O) groups is 3. The largest absolute Gasteiger partial charge is 0.460 e. The molecule has 10 nitrogen and oxygen atoms in total. The first-order valence-electron chi connectivity index (χ1n) is 12.1. The minimum Gasteiger partial charge on any atom is -0.460 e. The summed E-state index contributed by atoms with van der Waals surface area (Å²) < 4.78 is 23.6. The van der Waals surface area contributed by atoms with Crippen molar-refractivity contribution >= 4 is 36.7 Å². The van der Waals surface area contributed by atoms with Crippen molar-refractivity contribution in [1.82, 2.24) is 15.3 Å². The average molecular weight is 562 g/mol. The zero-order valence-corrected chi connectivity index (χ0v) is 22.9. The van der Waals surface area contributed by atoms with E-state index in [1.54, 1.807) is 37.2 Å². The van der Waals surface area contributed by atoms with E-state index in [4.69, 9.17) is 30.3 Å². The van der Waals surface area contributed by atoms with Crippen LogP contribution in [0.25, 0.3) is 0 Å². The van der Waals surface area contributed by atoms with E-state index in [0.717, 1.165) is 5.56 Å².